The van der Waals surface area contributed by atoms with Crippen molar-refractivity contribution in [3.05, 3.63) is 71.4 Å². The maximum atomic E-state index is 12.8. The van der Waals surface area contributed by atoms with Crippen molar-refractivity contribution in [2.45, 2.75) is 26.3 Å². The van der Waals surface area contributed by atoms with Crippen LogP contribution in [0.5, 0.6) is 0 Å². The zero-order valence-corrected chi connectivity index (χ0v) is 16.9. The van der Waals surface area contributed by atoms with Gasteiger partial charge in [0.25, 0.3) is 0 Å². The first kappa shape index (κ1) is 20.3. The lowest BCUT2D eigenvalue weighted by atomic mass is 9.93. The maximum Gasteiger partial charge on any atom is 0.243 e. The molecule has 3 rings (SSSR count). The lowest BCUT2D eigenvalue weighted by molar-refractivity contribution is -0.136. The van der Waals surface area contributed by atoms with Crippen LogP contribution in [0, 0.1) is 6.92 Å². The zero-order chi connectivity index (χ0) is 21.0. The third-order valence-corrected chi connectivity index (χ3v) is 4.98. The van der Waals surface area contributed by atoms with Crippen molar-refractivity contribution in [2.24, 2.45) is 0 Å². The number of hydrogen-bond donors (Lipinski definition) is 1. The topological polar surface area (TPSA) is 69.7 Å². The van der Waals surface area contributed by atoms with Crippen molar-refractivity contribution < 1.29 is 14.4 Å². The summed E-state index contributed by atoms with van der Waals surface area (Å²) in [6.07, 6.45) is 3.69. The number of likely N-dealkylation sites (N-methyl/N-ethyl adjacent to an activating group) is 1. The number of anilines is 1. The molecule has 0 aliphatic carbocycles. The van der Waals surface area contributed by atoms with Gasteiger partial charge in [0.15, 0.2) is 0 Å². The highest BCUT2D eigenvalue weighted by molar-refractivity contribution is 5.94. The van der Waals surface area contributed by atoms with E-state index >= 15 is 0 Å². The molecule has 0 fully saturated rings. The van der Waals surface area contributed by atoms with Crippen molar-refractivity contribution in [3.63, 3.8) is 0 Å². The van der Waals surface area contributed by atoms with E-state index in [1.54, 1.807) is 18.1 Å². The van der Waals surface area contributed by atoms with E-state index in [1.807, 2.05) is 61.5 Å². The van der Waals surface area contributed by atoms with Gasteiger partial charge in [-0.15, -0.1) is 0 Å². The summed E-state index contributed by atoms with van der Waals surface area (Å²) in [5.41, 5.74) is 3.71. The minimum atomic E-state index is -0.385. The van der Waals surface area contributed by atoms with E-state index in [9.17, 15) is 14.4 Å². The number of carbonyl (C=O) groups is 3. The lowest BCUT2D eigenvalue weighted by Gasteiger charge is -2.33. The summed E-state index contributed by atoms with van der Waals surface area (Å²) in [6, 6.07) is 14.8. The average molecular weight is 391 g/mol. The highest BCUT2D eigenvalue weighted by Crippen LogP contribution is 2.33. The predicted octanol–water partition coefficient (Wildman–Crippen LogP) is 3.36. The quantitative estimate of drug-likeness (QED) is 0.850. The molecule has 1 atom stereocenters. The average Bonchev–Trinajstić information content (AvgIpc) is 2.69. The Morgan fingerprint density at radius 1 is 1.07 bits per heavy atom. The monoisotopic (exact) mass is 391 g/mol. The van der Waals surface area contributed by atoms with Crippen molar-refractivity contribution in [1.29, 1.82) is 0 Å². The summed E-state index contributed by atoms with van der Waals surface area (Å²) in [5.74, 6) is -0.601. The SMILES string of the molecule is CC(=O)N1C=Cc2ccccc2C1CC(=O)N(C)CC(=O)Nc1ccc(C)cc1. The van der Waals surface area contributed by atoms with Crippen LogP contribution in [0.15, 0.2) is 54.7 Å². The molecule has 1 unspecified atom stereocenters. The molecule has 0 radical (unpaired) electrons. The number of aryl methyl sites for hydroxylation is 1. The number of hydrogen-bond acceptors (Lipinski definition) is 3. The fourth-order valence-electron chi connectivity index (χ4n) is 3.38. The number of nitrogens with zero attached hydrogens (tertiary/aromatic N) is 2. The number of nitrogens with one attached hydrogen (secondary N) is 1. The molecule has 0 saturated heterocycles. The first-order valence-electron chi connectivity index (χ1n) is 9.51. The summed E-state index contributed by atoms with van der Waals surface area (Å²) in [5, 5.41) is 2.79. The van der Waals surface area contributed by atoms with Crippen LogP contribution in [-0.2, 0) is 14.4 Å². The second kappa shape index (κ2) is 8.73. The van der Waals surface area contributed by atoms with Gasteiger partial charge in [-0.05, 0) is 36.3 Å². The highest BCUT2D eigenvalue weighted by Gasteiger charge is 2.29. The van der Waals surface area contributed by atoms with Crippen molar-refractivity contribution in [1.82, 2.24) is 9.80 Å². The van der Waals surface area contributed by atoms with Crippen molar-refractivity contribution in [2.75, 3.05) is 18.9 Å². The van der Waals surface area contributed by atoms with Gasteiger partial charge >= 0.3 is 0 Å². The Balaban J connectivity index is 1.66. The van der Waals surface area contributed by atoms with E-state index in [0.717, 1.165) is 16.7 Å². The molecule has 0 saturated carbocycles. The molecule has 6 heteroatoms. The summed E-state index contributed by atoms with van der Waals surface area (Å²) in [6.45, 7) is 3.40. The van der Waals surface area contributed by atoms with Crippen LogP contribution in [0.4, 0.5) is 5.69 Å². The molecule has 1 aliphatic heterocycles. The minimum Gasteiger partial charge on any atom is -0.336 e. The second-order valence-electron chi connectivity index (χ2n) is 7.25. The normalized spacial score (nSPS) is 14.9. The molecular weight excluding hydrogens is 366 g/mol. The van der Waals surface area contributed by atoms with Gasteiger partial charge in [0.05, 0.1) is 19.0 Å². The zero-order valence-electron chi connectivity index (χ0n) is 16.9. The standard InChI is InChI=1S/C23H25N3O3/c1-16-8-10-19(11-9-16)24-22(28)15-25(3)23(29)14-21-20-7-5-4-6-18(20)12-13-26(21)17(2)27/h4-13,21H,14-15H2,1-3H3,(H,24,28). The third kappa shape index (κ3) is 4.90. The molecule has 3 amide bonds. The van der Waals surface area contributed by atoms with E-state index in [1.165, 1.54) is 11.8 Å². The Morgan fingerprint density at radius 3 is 2.45 bits per heavy atom. The van der Waals surface area contributed by atoms with Gasteiger partial charge in [0.1, 0.15) is 0 Å². The molecular formula is C23H25N3O3. The van der Waals surface area contributed by atoms with Crippen LogP contribution < -0.4 is 5.32 Å². The van der Waals surface area contributed by atoms with Crippen molar-refractivity contribution in [3.8, 4) is 0 Å². The van der Waals surface area contributed by atoms with Gasteiger partial charge in [-0.1, -0.05) is 42.0 Å². The molecule has 1 aliphatic rings. The van der Waals surface area contributed by atoms with E-state index < -0.39 is 0 Å². The molecule has 150 valence electrons. The summed E-state index contributed by atoms with van der Waals surface area (Å²) < 4.78 is 0. The number of carbonyl (C=O) groups excluding carboxylic acids is 3. The molecule has 2 aromatic carbocycles. The fourth-order valence-corrected chi connectivity index (χ4v) is 3.38. The van der Waals surface area contributed by atoms with Crippen LogP contribution in [0.1, 0.15) is 36.1 Å². The van der Waals surface area contributed by atoms with Crippen LogP contribution in [-0.4, -0.2) is 41.1 Å². The number of rotatable bonds is 5. The molecule has 6 nitrogen and oxygen atoms in total. The van der Waals surface area contributed by atoms with Gasteiger partial charge in [-0.3, -0.25) is 14.4 Å². The van der Waals surface area contributed by atoms with Crippen LogP contribution >= 0.6 is 0 Å². The molecule has 1 heterocycles. The molecule has 1 N–H and O–H groups in total. The Kier molecular flexibility index (Phi) is 6.12. The molecule has 0 spiro atoms. The highest BCUT2D eigenvalue weighted by atomic mass is 16.2. The van der Waals surface area contributed by atoms with E-state index in [0.29, 0.717) is 5.69 Å². The summed E-state index contributed by atoms with van der Waals surface area (Å²) in [4.78, 5) is 40.1. The van der Waals surface area contributed by atoms with E-state index in [-0.39, 0.29) is 36.7 Å². The van der Waals surface area contributed by atoms with Gasteiger partial charge in [-0.2, -0.15) is 0 Å². The van der Waals surface area contributed by atoms with Crippen molar-refractivity contribution >= 4 is 29.5 Å². The smallest absolute Gasteiger partial charge is 0.243 e. The van der Waals surface area contributed by atoms with E-state index in [2.05, 4.69) is 5.32 Å². The fraction of sp³-hybridized carbons (Fsp3) is 0.261. The Hall–Kier alpha value is -3.41. The van der Waals surface area contributed by atoms with Gasteiger partial charge < -0.3 is 15.1 Å². The van der Waals surface area contributed by atoms with Crippen LogP contribution in [0.2, 0.25) is 0 Å². The van der Waals surface area contributed by atoms with Crippen LogP contribution in [0.25, 0.3) is 6.08 Å². The molecule has 29 heavy (non-hydrogen) atoms. The molecule has 0 aromatic heterocycles. The van der Waals surface area contributed by atoms with Crippen LogP contribution in [0.3, 0.4) is 0 Å². The molecule has 0 bridgehead atoms. The Bertz CT molecular complexity index is 950. The first-order chi connectivity index (χ1) is 13.8. The Labute approximate surface area is 170 Å². The second-order valence-corrected chi connectivity index (χ2v) is 7.25. The minimum absolute atomic E-state index is 0.0585. The number of fused-ring (bicyclic) bond motifs is 1. The first-order valence-corrected chi connectivity index (χ1v) is 9.51. The van der Waals surface area contributed by atoms with Gasteiger partial charge in [0.2, 0.25) is 17.7 Å². The van der Waals surface area contributed by atoms with Gasteiger partial charge in [-0.25, -0.2) is 0 Å². The predicted molar refractivity (Wildman–Crippen MR) is 113 cm³/mol. The Morgan fingerprint density at radius 2 is 1.76 bits per heavy atom. The third-order valence-electron chi connectivity index (χ3n) is 4.98. The summed E-state index contributed by atoms with van der Waals surface area (Å²) >= 11 is 0. The number of amides is 3. The maximum absolute atomic E-state index is 12.8. The van der Waals surface area contributed by atoms with E-state index in [4.69, 9.17) is 0 Å². The lowest BCUT2D eigenvalue weighted by Crippen LogP contribution is -2.39. The molecule has 2 aromatic rings. The number of benzene rings is 2. The largest absolute Gasteiger partial charge is 0.336 e. The van der Waals surface area contributed by atoms with Gasteiger partial charge in [0, 0.05) is 25.9 Å². The summed E-state index contributed by atoms with van der Waals surface area (Å²) in [7, 11) is 1.60.